The van der Waals surface area contributed by atoms with E-state index in [9.17, 15) is 0 Å². The molecule has 0 radical (unpaired) electrons. The van der Waals surface area contributed by atoms with Gasteiger partial charge in [-0.15, -0.1) is 0 Å². The maximum Gasteiger partial charge on any atom is 0.0510 e. The summed E-state index contributed by atoms with van der Waals surface area (Å²) >= 11 is 3.67. The molecule has 1 aliphatic rings. The number of nitrogens with two attached hydrogens (primary N) is 1. The quantitative estimate of drug-likeness (QED) is 0.923. The van der Waals surface area contributed by atoms with Crippen LogP contribution in [0.15, 0.2) is 22.7 Å². The standard InChI is InChI=1S/C15H24BrN3/c1-18(2)11-12-5-7-19(8-6-12)15-4-3-13(10-17)9-14(15)16/h3-4,9,12H,5-8,10-11,17H2,1-2H3. The molecule has 0 saturated carbocycles. The van der Waals surface area contributed by atoms with Gasteiger partial charge in [-0.05, 0) is 66.5 Å². The lowest BCUT2D eigenvalue weighted by molar-refractivity contribution is 0.285. The summed E-state index contributed by atoms with van der Waals surface area (Å²) in [5.41, 5.74) is 8.16. The van der Waals surface area contributed by atoms with Crippen molar-refractivity contribution in [1.82, 2.24) is 4.90 Å². The molecule has 1 saturated heterocycles. The molecule has 0 aliphatic carbocycles. The van der Waals surface area contributed by atoms with Crippen LogP contribution < -0.4 is 10.6 Å². The Bertz CT molecular complexity index is 412. The van der Waals surface area contributed by atoms with Crippen LogP contribution in [-0.2, 0) is 6.54 Å². The molecule has 1 heterocycles. The van der Waals surface area contributed by atoms with Crippen LogP contribution in [0.2, 0.25) is 0 Å². The first kappa shape index (κ1) is 14.8. The Kier molecular flexibility index (Phi) is 5.25. The monoisotopic (exact) mass is 325 g/mol. The van der Waals surface area contributed by atoms with E-state index in [1.807, 2.05) is 0 Å². The average Bonchev–Trinajstić information content (AvgIpc) is 2.39. The molecule has 2 N–H and O–H groups in total. The molecule has 0 spiro atoms. The van der Waals surface area contributed by atoms with E-state index in [-0.39, 0.29) is 0 Å². The van der Waals surface area contributed by atoms with E-state index in [0.29, 0.717) is 6.54 Å². The molecule has 0 bridgehead atoms. The molecule has 1 aromatic carbocycles. The van der Waals surface area contributed by atoms with Gasteiger partial charge in [0, 0.05) is 30.7 Å². The Morgan fingerprint density at radius 2 is 2.00 bits per heavy atom. The Labute approximate surface area is 124 Å². The molecule has 4 heteroatoms. The Balaban J connectivity index is 1.97. The predicted octanol–water partition coefficient (Wildman–Crippen LogP) is 2.69. The zero-order valence-electron chi connectivity index (χ0n) is 11.9. The van der Waals surface area contributed by atoms with Gasteiger partial charge in [-0.3, -0.25) is 0 Å². The van der Waals surface area contributed by atoms with Gasteiger partial charge in [0.25, 0.3) is 0 Å². The minimum atomic E-state index is 0.601. The topological polar surface area (TPSA) is 32.5 Å². The number of halogens is 1. The number of rotatable bonds is 4. The lowest BCUT2D eigenvalue weighted by Crippen LogP contribution is -2.37. The highest BCUT2D eigenvalue weighted by Gasteiger charge is 2.21. The first-order chi connectivity index (χ1) is 9.10. The highest BCUT2D eigenvalue weighted by molar-refractivity contribution is 9.10. The molecule has 3 nitrogen and oxygen atoms in total. The van der Waals surface area contributed by atoms with Crippen molar-refractivity contribution in [2.75, 3.05) is 38.6 Å². The smallest absolute Gasteiger partial charge is 0.0510 e. The van der Waals surface area contributed by atoms with Crippen LogP contribution in [0, 0.1) is 5.92 Å². The fourth-order valence-electron chi connectivity index (χ4n) is 2.81. The summed E-state index contributed by atoms with van der Waals surface area (Å²) in [5.74, 6) is 0.841. The van der Waals surface area contributed by atoms with Crippen LogP contribution in [0.5, 0.6) is 0 Å². The fourth-order valence-corrected chi connectivity index (χ4v) is 3.48. The molecule has 0 unspecified atom stereocenters. The van der Waals surface area contributed by atoms with Gasteiger partial charge >= 0.3 is 0 Å². The summed E-state index contributed by atoms with van der Waals surface area (Å²) in [4.78, 5) is 4.78. The Morgan fingerprint density at radius 3 is 2.53 bits per heavy atom. The molecule has 106 valence electrons. The first-order valence-corrected chi connectivity index (χ1v) is 7.77. The minimum absolute atomic E-state index is 0.601. The number of hydrogen-bond acceptors (Lipinski definition) is 3. The second-order valence-corrected chi connectivity index (χ2v) is 6.54. The molecular weight excluding hydrogens is 302 g/mol. The van der Waals surface area contributed by atoms with E-state index in [4.69, 9.17) is 5.73 Å². The average molecular weight is 326 g/mol. The molecule has 19 heavy (non-hydrogen) atoms. The summed E-state index contributed by atoms with van der Waals surface area (Å²) in [5, 5.41) is 0. The molecule has 1 aromatic rings. The van der Waals surface area contributed by atoms with Crippen molar-refractivity contribution in [1.29, 1.82) is 0 Å². The van der Waals surface area contributed by atoms with Gasteiger partial charge in [0.1, 0.15) is 0 Å². The second-order valence-electron chi connectivity index (χ2n) is 5.68. The van der Waals surface area contributed by atoms with E-state index in [1.165, 1.54) is 35.1 Å². The molecule has 1 aliphatic heterocycles. The van der Waals surface area contributed by atoms with Crippen molar-refractivity contribution in [3.05, 3.63) is 28.2 Å². The third kappa shape index (κ3) is 3.94. The van der Waals surface area contributed by atoms with E-state index in [1.54, 1.807) is 0 Å². The SMILES string of the molecule is CN(C)CC1CCN(c2ccc(CN)cc2Br)CC1. The van der Waals surface area contributed by atoms with Crippen LogP contribution in [-0.4, -0.2) is 38.6 Å². The van der Waals surface area contributed by atoms with Crippen molar-refractivity contribution < 1.29 is 0 Å². The van der Waals surface area contributed by atoms with Crippen LogP contribution >= 0.6 is 15.9 Å². The first-order valence-electron chi connectivity index (χ1n) is 6.98. The molecule has 0 aromatic heterocycles. The molecule has 1 fully saturated rings. The Hall–Kier alpha value is -0.580. The van der Waals surface area contributed by atoms with Gasteiger partial charge in [-0.25, -0.2) is 0 Å². The number of piperidine rings is 1. The van der Waals surface area contributed by atoms with E-state index in [0.717, 1.165) is 19.0 Å². The predicted molar refractivity (Wildman–Crippen MR) is 85.5 cm³/mol. The Morgan fingerprint density at radius 1 is 1.32 bits per heavy atom. The molecule has 0 atom stereocenters. The van der Waals surface area contributed by atoms with Crippen molar-refractivity contribution in [2.24, 2.45) is 11.7 Å². The number of nitrogens with zero attached hydrogens (tertiary/aromatic N) is 2. The number of benzene rings is 1. The lowest BCUT2D eigenvalue weighted by Gasteiger charge is -2.35. The maximum atomic E-state index is 5.67. The van der Waals surface area contributed by atoms with Gasteiger partial charge in [0.2, 0.25) is 0 Å². The molecule has 0 amide bonds. The van der Waals surface area contributed by atoms with Crippen LogP contribution in [0.3, 0.4) is 0 Å². The molecule has 2 rings (SSSR count). The van der Waals surface area contributed by atoms with Gasteiger partial charge in [0.15, 0.2) is 0 Å². The van der Waals surface area contributed by atoms with Gasteiger partial charge in [-0.1, -0.05) is 6.07 Å². The minimum Gasteiger partial charge on any atom is -0.371 e. The summed E-state index contributed by atoms with van der Waals surface area (Å²) in [6, 6.07) is 6.46. The van der Waals surface area contributed by atoms with E-state index >= 15 is 0 Å². The van der Waals surface area contributed by atoms with E-state index in [2.05, 4.69) is 58.0 Å². The highest BCUT2D eigenvalue weighted by atomic mass is 79.9. The number of hydrogen-bond donors (Lipinski definition) is 1. The lowest BCUT2D eigenvalue weighted by atomic mass is 9.96. The summed E-state index contributed by atoms with van der Waals surface area (Å²) in [6.07, 6.45) is 2.56. The third-order valence-electron chi connectivity index (χ3n) is 3.83. The third-order valence-corrected chi connectivity index (χ3v) is 4.46. The second kappa shape index (κ2) is 6.73. The van der Waals surface area contributed by atoms with Crippen LogP contribution in [0.4, 0.5) is 5.69 Å². The van der Waals surface area contributed by atoms with Crippen LogP contribution in [0.1, 0.15) is 18.4 Å². The van der Waals surface area contributed by atoms with Gasteiger partial charge in [-0.2, -0.15) is 0 Å². The summed E-state index contributed by atoms with van der Waals surface area (Å²) in [7, 11) is 4.32. The maximum absolute atomic E-state index is 5.67. The van der Waals surface area contributed by atoms with Gasteiger partial charge in [0.05, 0.1) is 5.69 Å². The zero-order valence-corrected chi connectivity index (χ0v) is 13.5. The van der Waals surface area contributed by atoms with Gasteiger partial charge < -0.3 is 15.5 Å². The van der Waals surface area contributed by atoms with Crippen LogP contribution in [0.25, 0.3) is 0 Å². The normalized spacial score (nSPS) is 17.2. The molecular formula is C15H24BrN3. The van der Waals surface area contributed by atoms with E-state index < -0.39 is 0 Å². The highest BCUT2D eigenvalue weighted by Crippen LogP contribution is 2.30. The summed E-state index contributed by atoms with van der Waals surface area (Å²) < 4.78 is 1.17. The zero-order chi connectivity index (χ0) is 13.8. The number of anilines is 1. The van der Waals surface area contributed by atoms with Crippen molar-refractivity contribution in [2.45, 2.75) is 19.4 Å². The summed E-state index contributed by atoms with van der Waals surface area (Å²) in [6.45, 7) is 4.11. The van der Waals surface area contributed by atoms with Crippen molar-refractivity contribution >= 4 is 21.6 Å². The fraction of sp³-hybridized carbons (Fsp3) is 0.600. The van der Waals surface area contributed by atoms with Crippen molar-refractivity contribution in [3.8, 4) is 0 Å². The largest absolute Gasteiger partial charge is 0.371 e. The van der Waals surface area contributed by atoms with Crippen molar-refractivity contribution in [3.63, 3.8) is 0 Å².